The summed E-state index contributed by atoms with van der Waals surface area (Å²) in [6.07, 6.45) is 5.05. The van der Waals surface area contributed by atoms with E-state index >= 15 is 0 Å². The number of rotatable bonds is 4. The number of hydrogen-bond donors (Lipinski definition) is 1. The number of halogens is 1. The molecule has 1 N–H and O–H groups in total. The predicted molar refractivity (Wildman–Crippen MR) is 105 cm³/mol. The molecule has 4 rings (SSSR count). The second-order valence-corrected chi connectivity index (χ2v) is 8.49. The smallest absolute Gasteiger partial charge is 0.259 e. The maximum Gasteiger partial charge on any atom is 0.259 e. The van der Waals surface area contributed by atoms with Gasteiger partial charge in [-0.05, 0) is 56.6 Å². The first-order chi connectivity index (χ1) is 14.0. The van der Waals surface area contributed by atoms with Gasteiger partial charge in [0.05, 0.1) is 18.3 Å². The molecule has 3 aliphatic rings. The summed E-state index contributed by atoms with van der Waals surface area (Å²) < 4.78 is 26.1. The monoisotopic (exact) mass is 404 g/mol. The zero-order chi connectivity index (χ0) is 20.4. The van der Waals surface area contributed by atoms with Gasteiger partial charge in [0.2, 0.25) is 5.91 Å². The van der Waals surface area contributed by atoms with Gasteiger partial charge in [0.25, 0.3) is 5.91 Å². The van der Waals surface area contributed by atoms with Crippen LogP contribution in [-0.4, -0.2) is 54.3 Å². The van der Waals surface area contributed by atoms with Crippen LogP contribution in [0.3, 0.4) is 0 Å². The highest BCUT2D eigenvalue weighted by Gasteiger charge is 2.53. The van der Waals surface area contributed by atoms with E-state index in [1.54, 1.807) is 12.1 Å². The highest BCUT2D eigenvalue weighted by Crippen LogP contribution is 2.43. The third kappa shape index (κ3) is 4.03. The Kier molecular flexibility index (Phi) is 5.88. The van der Waals surface area contributed by atoms with Gasteiger partial charge in [0.15, 0.2) is 0 Å². The summed E-state index contributed by atoms with van der Waals surface area (Å²) in [4.78, 5) is 27.9. The summed E-state index contributed by atoms with van der Waals surface area (Å²) >= 11 is 0. The molecule has 1 aromatic rings. The fourth-order valence-electron chi connectivity index (χ4n) is 4.68. The Morgan fingerprint density at radius 3 is 2.69 bits per heavy atom. The van der Waals surface area contributed by atoms with Crippen LogP contribution in [0.5, 0.6) is 0 Å². The molecule has 2 unspecified atom stereocenters. The fourth-order valence-corrected chi connectivity index (χ4v) is 4.68. The van der Waals surface area contributed by atoms with E-state index in [-0.39, 0.29) is 24.2 Å². The number of nitrogens with one attached hydrogen (secondary N) is 1. The van der Waals surface area contributed by atoms with Crippen LogP contribution in [0.25, 0.3) is 0 Å². The molecule has 29 heavy (non-hydrogen) atoms. The van der Waals surface area contributed by atoms with Crippen molar-refractivity contribution in [3.05, 3.63) is 35.6 Å². The lowest BCUT2D eigenvalue weighted by Crippen LogP contribution is -2.57. The molecular weight excluding hydrogens is 375 g/mol. The number of benzene rings is 1. The van der Waals surface area contributed by atoms with E-state index in [0.29, 0.717) is 31.9 Å². The summed E-state index contributed by atoms with van der Waals surface area (Å²) in [6.45, 7) is 3.44. The van der Waals surface area contributed by atoms with E-state index in [4.69, 9.17) is 9.47 Å². The second kappa shape index (κ2) is 8.40. The van der Waals surface area contributed by atoms with Gasteiger partial charge >= 0.3 is 0 Å². The first kappa shape index (κ1) is 20.3. The van der Waals surface area contributed by atoms with Gasteiger partial charge < -0.3 is 14.8 Å². The molecule has 7 heteroatoms. The van der Waals surface area contributed by atoms with E-state index in [9.17, 15) is 14.0 Å². The Morgan fingerprint density at radius 1 is 1.24 bits per heavy atom. The number of carbonyl (C=O) groups excluding carboxylic acids is 2. The fraction of sp³-hybridized carbons (Fsp3) is 0.636. The molecule has 3 fully saturated rings. The molecule has 2 atom stereocenters. The van der Waals surface area contributed by atoms with Crippen molar-refractivity contribution in [2.45, 2.75) is 63.3 Å². The number of ether oxygens (including phenoxy) is 2. The molecule has 6 nitrogen and oxygen atoms in total. The van der Waals surface area contributed by atoms with E-state index in [0.717, 1.165) is 25.7 Å². The molecule has 158 valence electrons. The Hall–Kier alpha value is -1.99. The van der Waals surface area contributed by atoms with E-state index < -0.39 is 23.5 Å². The van der Waals surface area contributed by atoms with Crippen LogP contribution in [0.2, 0.25) is 0 Å². The minimum absolute atomic E-state index is 0.0153. The molecule has 1 spiro atoms. The molecule has 1 aliphatic carbocycles. The molecule has 1 aromatic carbocycles. The Labute approximate surface area is 170 Å². The van der Waals surface area contributed by atoms with Gasteiger partial charge in [-0.2, -0.15) is 0 Å². The standard InChI is InChI=1S/C22H29FN2O4/c1-15-8-10-22(11-9-15)25(21(27)17-6-2-3-7-18(17)23)19(14-29-22)20(26)24-13-16-5-4-12-28-16/h2-3,6-7,15-16,19H,4-5,8-14H2,1H3,(H,24,26). The van der Waals surface area contributed by atoms with Gasteiger partial charge in [0.1, 0.15) is 17.6 Å². The van der Waals surface area contributed by atoms with Crippen LogP contribution in [0.1, 0.15) is 55.8 Å². The quantitative estimate of drug-likeness (QED) is 0.838. The maximum atomic E-state index is 14.4. The van der Waals surface area contributed by atoms with Crippen molar-refractivity contribution in [1.82, 2.24) is 10.2 Å². The molecule has 2 saturated heterocycles. The number of hydrogen-bond acceptors (Lipinski definition) is 4. The SMILES string of the molecule is CC1CCC2(CC1)OCC(C(=O)NCC1CCCO1)N2C(=O)c1ccccc1F. The van der Waals surface area contributed by atoms with Crippen LogP contribution in [0, 0.1) is 11.7 Å². The summed E-state index contributed by atoms with van der Waals surface area (Å²) in [5.41, 5.74) is -0.856. The number of amides is 2. The average Bonchev–Trinajstić information content (AvgIpc) is 3.37. The lowest BCUT2D eigenvalue weighted by molar-refractivity contribution is -0.128. The maximum absolute atomic E-state index is 14.4. The van der Waals surface area contributed by atoms with Crippen molar-refractivity contribution in [3.63, 3.8) is 0 Å². The van der Waals surface area contributed by atoms with Crippen molar-refractivity contribution in [2.75, 3.05) is 19.8 Å². The highest BCUT2D eigenvalue weighted by molar-refractivity contribution is 5.98. The van der Waals surface area contributed by atoms with E-state index in [2.05, 4.69) is 12.2 Å². The van der Waals surface area contributed by atoms with Crippen LogP contribution in [-0.2, 0) is 14.3 Å². The Morgan fingerprint density at radius 2 is 2.00 bits per heavy atom. The molecule has 0 radical (unpaired) electrons. The summed E-state index contributed by atoms with van der Waals surface area (Å²) in [7, 11) is 0. The normalized spacial score (nSPS) is 31.9. The molecular formula is C22H29FN2O4. The summed E-state index contributed by atoms with van der Waals surface area (Å²) in [5, 5.41) is 2.92. The number of carbonyl (C=O) groups is 2. The lowest BCUT2D eigenvalue weighted by atomic mass is 9.83. The van der Waals surface area contributed by atoms with Crippen LogP contribution in [0.15, 0.2) is 24.3 Å². The lowest BCUT2D eigenvalue weighted by Gasteiger charge is -2.43. The summed E-state index contributed by atoms with van der Waals surface area (Å²) in [6, 6.07) is 5.16. The first-order valence-corrected chi connectivity index (χ1v) is 10.6. The van der Waals surface area contributed by atoms with Gasteiger partial charge in [-0.3, -0.25) is 14.5 Å². The Balaban J connectivity index is 1.57. The molecule has 2 amide bonds. The zero-order valence-electron chi connectivity index (χ0n) is 16.9. The van der Waals surface area contributed by atoms with E-state index in [1.165, 1.54) is 17.0 Å². The van der Waals surface area contributed by atoms with Gasteiger partial charge in [-0.1, -0.05) is 19.1 Å². The predicted octanol–water partition coefficient (Wildman–Crippen LogP) is 2.87. The van der Waals surface area contributed by atoms with Gasteiger partial charge in [-0.15, -0.1) is 0 Å². The first-order valence-electron chi connectivity index (χ1n) is 10.6. The molecule has 1 saturated carbocycles. The largest absolute Gasteiger partial charge is 0.376 e. The minimum Gasteiger partial charge on any atom is -0.376 e. The van der Waals surface area contributed by atoms with Crippen molar-refractivity contribution < 1.29 is 23.5 Å². The third-order valence-electron chi connectivity index (χ3n) is 6.47. The third-order valence-corrected chi connectivity index (χ3v) is 6.47. The molecule has 0 bridgehead atoms. The zero-order valence-corrected chi connectivity index (χ0v) is 16.9. The second-order valence-electron chi connectivity index (χ2n) is 8.49. The summed E-state index contributed by atoms with van der Waals surface area (Å²) in [5.74, 6) is -0.780. The van der Waals surface area contributed by atoms with Gasteiger partial charge in [0, 0.05) is 13.2 Å². The average molecular weight is 404 g/mol. The molecule has 0 aromatic heterocycles. The van der Waals surface area contributed by atoms with Crippen LogP contribution < -0.4 is 5.32 Å². The Bertz CT molecular complexity index is 757. The van der Waals surface area contributed by atoms with Crippen molar-refractivity contribution >= 4 is 11.8 Å². The minimum atomic E-state index is -0.836. The van der Waals surface area contributed by atoms with Crippen molar-refractivity contribution in [3.8, 4) is 0 Å². The van der Waals surface area contributed by atoms with E-state index in [1.807, 2.05) is 0 Å². The van der Waals surface area contributed by atoms with Crippen molar-refractivity contribution in [2.24, 2.45) is 5.92 Å². The number of nitrogens with zero attached hydrogens (tertiary/aromatic N) is 1. The van der Waals surface area contributed by atoms with Crippen LogP contribution >= 0.6 is 0 Å². The van der Waals surface area contributed by atoms with Gasteiger partial charge in [-0.25, -0.2) is 4.39 Å². The van der Waals surface area contributed by atoms with Crippen LogP contribution in [0.4, 0.5) is 4.39 Å². The highest BCUT2D eigenvalue weighted by atomic mass is 19.1. The topological polar surface area (TPSA) is 67.9 Å². The van der Waals surface area contributed by atoms with Crippen molar-refractivity contribution in [1.29, 1.82) is 0 Å². The molecule has 2 heterocycles. The molecule has 2 aliphatic heterocycles.